The van der Waals surface area contributed by atoms with Gasteiger partial charge in [0, 0.05) is 11.1 Å². The molecule has 0 amide bonds. The van der Waals surface area contributed by atoms with Gasteiger partial charge < -0.3 is 5.43 Å². The van der Waals surface area contributed by atoms with Crippen LogP contribution in [0, 0.1) is 13.8 Å². The van der Waals surface area contributed by atoms with Crippen molar-refractivity contribution in [1.82, 2.24) is 4.98 Å². The second-order valence-electron chi connectivity index (χ2n) is 3.60. The Morgan fingerprint density at radius 2 is 1.94 bits per heavy atom. The topological polar surface area (TPSA) is 50.9 Å². The summed E-state index contributed by atoms with van der Waals surface area (Å²) < 4.78 is 0. The predicted octanol–water partition coefficient (Wildman–Crippen LogP) is 3.21. The Hall–Kier alpha value is -1.03. The van der Waals surface area contributed by atoms with E-state index in [9.17, 15) is 0 Å². The summed E-state index contributed by atoms with van der Waals surface area (Å²) in [6, 6.07) is 5.82. The van der Waals surface area contributed by atoms with Crippen LogP contribution in [0.15, 0.2) is 18.2 Å². The molecular weight excluding hydrogens is 245 g/mol. The second-order valence-corrected chi connectivity index (χ2v) is 4.01. The van der Waals surface area contributed by atoms with Gasteiger partial charge in [-0.25, -0.2) is 0 Å². The number of halogens is 2. The van der Waals surface area contributed by atoms with Gasteiger partial charge in [-0.3, -0.25) is 10.8 Å². The van der Waals surface area contributed by atoms with Gasteiger partial charge in [0.25, 0.3) is 0 Å². The van der Waals surface area contributed by atoms with Crippen LogP contribution in [0.25, 0.3) is 10.9 Å². The minimum absolute atomic E-state index is 0. The molecule has 0 atom stereocenters. The molecule has 0 aliphatic rings. The van der Waals surface area contributed by atoms with Crippen LogP contribution >= 0.6 is 24.0 Å². The summed E-state index contributed by atoms with van der Waals surface area (Å²) in [5, 5.41) is 1.61. The second kappa shape index (κ2) is 4.87. The van der Waals surface area contributed by atoms with Crippen molar-refractivity contribution in [3.8, 4) is 0 Å². The van der Waals surface area contributed by atoms with Crippen molar-refractivity contribution in [3.63, 3.8) is 0 Å². The summed E-state index contributed by atoms with van der Waals surface area (Å²) in [6.45, 7) is 3.90. The minimum Gasteiger partial charge on any atom is -0.323 e. The smallest absolute Gasteiger partial charge is 0.0912 e. The van der Waals surface area contributed by atoms with Crippen molar-refractivity contribution in [1.29, 1.82) is 0 Å². The van der Waals surface area contributed by atoms with Gasteiger partial charge in [-0.15, -0.1) is 12.4 Å². The van der Waals surface area contributed by atoms with Crippen LogP contribution in [0.2, 0.25) is 5.02 Å². The first-order chi connectivity index (χ1) is 7.11. The number of nitrogen functional groups attached to an aromatic ring is 1. The lowest BCUT2D eigenvalue weighted by atomic mass is 10.1. The molecule has 0 bridgehead atoms. The number of pyridine rings is 1. The normalized spacial score (nSPS) is 10.0. The van der Waals surface area contributed by atoms with E-state index in [1.807, 2.05) is 32.0 Å². The summed E-state index contributed by atoms with van der Waals surface area (Å²) in [7, 11) is 0. The number of anilines is 1. The Morgan fingerprint density at radius 3 is 2.56 bits per heavy atom. The molecule has 3 nitrogen and oxygen atoms in total. The number of hydrogen-bond donors (Lipinski definition) is 2. The number of aryl methyl sites for hydroxylation is 2. The van der Waals surface area contributed by atoms with E-state index in [0.717, 1.165) is 27.8 Å². The van der Waals surface area contributed by atoms with E-state index in [4.69, 9.17) is 17.4 Å². The fourth-order valence-electron chi connectivity index (χ4n) is 1.67. The molecule has 2 rings (SSSR count). The maximum atomic E-state index is 6.13. The molecule has 86 valence electrons. The Balaban J connectivity index is 0.00000128. The molecule has 0 aliphatic carbocycles. The highest BCUT2D eigenvalue weighted by atomic mass is 35.5. The van der Waals surface area contributed by atoms with Gasteiger partial charge >= 0.3 is 0 Å². The number of nitrogens with one attached hydrogen (secondary N) is 1. The van der Waals surface area contributed by atoms with Crippen LogP contribution in [0.4, 0.5) is 5.69 Å². The standard InChI is InChI=1S/C11H12ClN3.ClH/c1-6-3-8-10(15-13)5-7(2)14-11(8)9(12)4-6;/h3-5H,13H2,1-2H3,(H,14,15);1H. The molecule has 0 unspecified atom stereocenters. The average Bonchev–Trinajstić information content (AvgIpc) is 2.18. The monoisotopic (exact) mass is 257 g/mol. The molecule has 3 N–H and O–H groups in total. The van der Waals surface area contributed by atoms with E-state index in [2.05, 4.69) is 10.4 Å². The molecule has 16 heavy (non-hydrogen) atoms. The number of rotatable bonds is 1. The third kappa shape index (κ3) is 2.21. The quantitative estimate of drug-likeness (QED) is 0.610. The fraction of sp³-hybridized carbons (Fsp3) is 0.182. The third-order valence-corrected chi connectivity index (χ3v) is 2.58. The molecule has 5 heteroatoms. The molecule has 1 aromatic carbocycles. The van der Waals surface area contributed by atoms with Crippen molar-refractivity contribution >= 4 is 40.6 Å². The minimum atomic E-state index is 0. The van der Waals surface area contributed by atoms with Gasteiger partial charge in [-0.05, 0) is 37.6 Å². The first-order valence-electron chi connectivity index (χ1n) is 4.66. The van der Waals surface area contributed by atoms with E-state index in [1.54, 1.807) is 0 Å². The largest absolute Gasteiger partial charge is 0.323 e. The zero-order valence-electron chi connectivity index (χ0n) is 9.04. The molecule has 0 fully saturated rings. The number of aromatic nitrogens is 1. The molecule has 0 saturated heterocycles. The van der Waals surface area contributed by atoms with Crippen LogP contribution in [0.1, 0.15) is 11.3 Å². The fourth-order valence-corrected chi connectivity index (χ4v) is 1.98. The van der Waals surface area contributed by atoms with Gasteiger partial charge in [-0.1, -0.05) is 11.6 Å². The SMILES string of the molecule is Cc1cc(Cl)c2nc(C)cc(NN)c2c1.Cl. The maximum Gasteiger partial charge on any atom is 0.0912 e. The molecule has 1 aromatic heterocycles. The Labute approximate surface area is 105 Å². The molecule has 1 heterocycles. The van der Waals surface area contributed by atoms with Crippen LogP contribution in [-0.4, -0.2) is 4.98 Å². The molecule has 0 spiro atoms. The highest BCUT2D eigenvalue weighted by Gasteiger charge is 2.07. The van der Waals surface area contributed by atoms with E-state index >= 15 is 0 Å². The third-order valence-electron chi connectivity index (χ3n) is 2.29. The predicted molar refractivity (Wildman–Crippen MR) is 71.3 cm³/mol. The lowest BCUT2D eigenvalue weighted by molar-refractivity contribution is 1.24. The highest BCUT2D eigenvalue weighted by Crippen LogP contribution is 2.29. The molecule has 0 radical (unpaired) electrons. The van der Waals surface area contributed by atoms with Crippen molar-refractivity contribution < 1.29 is 0 Å². The van der Waals surface area contributed by atoms with E-state index in [1.165, 1.54) is 0 Å². The lowest BCUT2D eigenvalue weighted by Gasteiger charge is -2.09. The van der Waals surface area contributed by atoms with Gasteiger partial charge in [-0.2, -0.15) is 0 Å². The van der Waals surface area contributed by atoms with E-state index < -0.39 is 0 Å². The number of fused-ring (bicyclic) bond motifs is 1. The molecule has 0 aliphatic heterocycles. The summed E-state index contributed by atoms with van der Waals surface area (Å²) in [6.07, 6.45) is 0. The Bertz CT molecular complexity index is 526. The van der Waals surface area contributed by atoms with Crippen molar-refractivity contribution in [3.05, 3.63) is 34.5 Å². The summed E-state index contributed by atoms with van der Waals surface area (Å²) in [5.41, 5.74) is 6.29. The molecular formula is C11H13Cl2N3. The average molecular weight is 258 g/mol. The van der Waals surface area contributed by atoms with Gasteiger partial charge in [0.05, 0.1) is 16.2 Å². The first kappa shape index (κ1) is 13.0. The maximum absolute atomic E-state index is 6.13. The molecule has 0 saturated carbocycles. The zero-order valence-corrected chi connectivity index (χ0v) is 10.6. The number of nitrogens with two attached hydrogens (primary N) is 1. The van der Waals surface area contributed by atoms with Crippen molar-refractivity contribution in [2.75, 3.05) is 5.43 Å². The van der Waals surface area contributed by atoms with Crippen LogP contribution in [0.5, 0.6) is 0 Å². The summed E-state index contributed by atoms with van der Waals surface area (Å²) in [4.78, 5) is 4.40. The number of benzene rings is 1. The van der Waals surface area contributed by atoms with Crippen molar-refractivity contribution in [2.45, 2.75) is 13.8 Å². The Morgan fingerprint density at radius 1 is 1.25 bits per heavy atom. The lowest BCUT2D eigenvalue weighted by Crippen LogP contribution is -2.08. The Kier molecular flexibility index (Phi) is 3.97. The highest BCUT2D eigenvalue weighted by molar-refractivity contribution is 6.35. The summed E-state index contributed by atoms with van der Waals surface area (Å²) >= 11 is 6.13. The summed E-state index contributed by atoms with van der Waals surface area (Å²) in [5.74, 6) is 5.46. The van der Waals surface area contributed by atoms with Crippen molar-refractivity contribution in [2.24, 2.45) is 5.84 Å². The number of nitrogens with zero attached hydrogens (tertiary/aromatic N) is 1. The molecule has 2 aromatic rings. The van der Waals surface area contributed by atoms with Crippen LogP contribution in [0.3, 0.4) is 0 Å². The number of hydrogen-bond acceptors (Lipinski definition) is 3. The van der Waals surface area contributed by atoms with Gasteiger partial charge in [0.1, 0.15) is 0 Å². The van der Waals surface area contributed by atoms with Gasteiger partial charge in [0.15, 0.2) is 0 Å². The number of hydrazine groups is 1. The first-order valence-corrected chi connectivity index (χ1v) is 5.03. The van der Waals surface area contributed by atoms with Crippen LogP contribution in [-0.2, 0) is 0 Å². The van der Waals surface area contributed by atoms with Crippen LogP contribution < -0.4 is 11.3 Å². The van der Waals surface area contributed by atoms with Gasteiger partial charge in [0.2, 0.25) is 0 Å². The zero-order chi connectivity index (χ0) is 11.0. The van der Waals surface area contributed by atoms with E-state index in [0.29, 0.717) is 5.02 Å². The van der Waals surface area contributed by atoms with E-state index in [-0.39, 0.29) is 12.4 Å².